The molecule has 0 bridgehead atoms. The lowest BCUT2D eigenvalue weighted by molar-refractivity contribution is 0.292. The van der Waals surface area contributed by atoms with Crippen LogP contribution in [-0.4, -0.2) is 19.7 Å². The van der Waals surface area contributed by atoms with Crippen LogP contribution in [0, 0.1) is 12.8 Å². The average molecular weight is 245 g/mol. The summed E-state index contributed by atoms with van der Waals surface area (Å²) in [5, 5.41) is 3.50. The van der Waals surface area contributed by atoms with Crippen LogP contribution in [0.3, 0.4) is 0 Å². The van der Waals surface area contributed by atoms with Crippen molar-refractivity contribution in [2.45, 2.75) is 38.5 Å². The van der Waals surface area contributed by atoms with Gasteiger partial charge >= 0.3 is 0 Å². The van der Waals surface area contributed by atoms with Gasteiger partial charge in [-0.2, -0.15) is 0 Å². The number of benzene rings is 1. The molecule has 0 amide bonds. The van der Waals surface area contributed by atoms with E-state index in [1.807, 2.05) is 0 Å². The molecule has 2 fully saturated rings. The lowest BCUT2D eigenvalue weighted by Crippen LogP contribution is -2.28. The van der Waals surface area contributed by atoms with Crippen LogP contribution in [0.2, 0.25) is 0 Å². The molecule has 2 aliphatic rings. The van der Waals surface area contributed by atoms with Gasteiger partial charge in [-0.3, -0.25) is 0 Å². The Morgan fingerprint density at radius 2 is 2.17 bits per heavy atom. The molecule has 3 rings (SSSR count). The van der Waals surface area contributed by atoms with Gasteiger partial charge in [0.2, 0.25) is 0 Å². The van der Waals surface area contributed by atoms with Gasteiger partial charge in [-0.15, -0.1) is 0 Å². The fraction of sp³-hybridized carbons (Fsp3) is 0.625. The van der Waals surface area contributed by atoms with E-state index < -0.39 is 0 Å². The van der Waals surface area contributed by atoms with Crippen LogP contribution in [0.15, 0.2) is 18.2 Å². The number of aryl methyl sites for hydroxylation is 1. The summed E-state index contributed by atoms with van der Waals surface area (Å²) >= 11 is 0. The van der Waals surface area contributed by atoms with E-state index in [4.69, 9.17) is 4.74 Å². The van der Waals surface area contributed by atoms with E-state index in [9.17, 15) is 0 Å². The van der Waals surface area contributed by atoms with E-state index in [0.29, 0.717) is 5.92 Å². The van der Waals surface area contributed by atoms with Crippen molar-refractivity contribution < 1.29 is 4.74 Å². The topological polar surface area (TPSA) is 21.3 Å². The van der Waals surface area contributed by atoms with Crippen molar-refractivity contribution in [1.82, 2.24) is 5.32 Å². The van der Waals surface area contributed by atoms with Gasteiger partial charge in [-0.25, -0.2) is 0 Å². The smallest absolute Gasteiger partial charge is 0.122 e. The Kier molecular flexibility index (Phi) is 3.55. The Balaban J connectivity index is 1.77. The van der Waals surface area contributed by atoms with Crippen LogP contribution in [0.1, 0.15) is 42.7 Å². The predicted octanol–water partition coefficient (Wildman–Crippen LogP) is 3.25. The number of nitrogens with one attached hydrogen (secondary N) is 1. The summed E-state index contributed by atoms with van der Waals surface area (Å²) in [5.41, 5.74) is 2.76. The number of ether oxygens (including phenoxy) is 1. The zero-order chi connectivity index (χ0) is 12.4. The number of hydrogen-bond donors (Lipinski definition) is 1. The van der Waals surface area contributed by atoms with Gasteiger partial charge in [0.1, 0.15) is 5.75 Å². The third-order valence-corrected chi connectivity index (χ3v) is 4.07. The molecule has 1 N–H and O–H groups in total. The monoisotopic (exact) mass is 245 g/mol. The van der Waals surface area contributed by atoms with E-state index in [1.165, 1.54) is 43.4 Å². The summed E-state index contributed by atoms with van der Waals surface area (Å²) in [6, 6.07) is 6.66. The quantitative estimate of drug-likeness (QED) is 0.879. The first-order valence-electron chi connectivity index (χ1n) is 7.27. The van der Waals surface area contributed by atoms with Crippen molar-refractivity contribution in [3.8, 4) is 5.75 Å². The number of piperidine rings is 1. The Labute approximate surface area is 110 Å². The second-order valence-corrected chi connectivity index (χ2v) is 5.84. The van der Waals surface area contributed by atoms with Crippen LogP contribution in [0.25, 0.3) is 0 Å². The highest BCUT2D eigenvalue weighted by Gasteiger charge is 2.24. The number of rotatable bonds is 4. The lowest BCUT2D eigenvalue weighted by atomic mass is 9.90. The third kappa shape index (κ3) is 2.86. The van der Waals surface area contributed by atoms with Crippen molar-refractivity contribution in [1.29, 1.82) is 0 Å². The Morgan fingerprint density at radius 1 is 1.28 bits per heavy atom. The highest BCUT2D eigenvalue weighted by Crippen LogP contribution is 2.34. The maximum absolute atomic E-state index is 6.04. The van der Waals surface area contributed by atoms with E-state index in [2.05, 4.69) is 30.4 Å². The summed E-state index contributed by atoms with van der Waals surface area (Å²) < 4.78 is 6.04. The highest BCUT2D eigenvalue weighted by atomic mass is 16.5. The van der Waals surface area contributed by atoms with E-state index >= 15 is 0 Å². The molecule has 1 aliphatic carbocycles. The normalized spacial score (nSPS) is 23.9. The van der Waals surface area contributed by atoms with Gasteiger partial charge in [0.15, 0.2) is 0 Å². The van der Waals surface area contributed by atoms with Gasteiger partial charge in [0, 0.05) is 12.5 Å². The van der Waals surface area contributed by atoms with Gasteiger partial charge in [0.25, 0.3) is 0 Å². The molecular weight excluding hydrogens is 222 g/mol. The minimum Gasteiger partial charge on any atom is -0.493 e. The van der Waals surface area contributed by atoms with Crippen LogP contribution in [-0.2, 0) is 0 Å². The van der Waals surface area contributed by atoms with Crippen molar-refractivity contribution in [3.63, 3.8) is 0 Å². The molecule has 2 heteroatoms. The van der Waals surface area contributed by atoms with Crippen LogP contribution in [0.5, 0.6) is 5.75 Å². The molecule has 1 unspecified atom stereocenters. The second-order valence-electron chi connectivity index (χ2n) is 5.84. The molecule has 2 nitrogen and oxygen atoms in total. The second kappa shape index (κ2) is 5.31. The van der Waals surface area contributed by atoms with Crippen LogP contribution >= 0.6 is 0 Å². The molecule has 1 heterocycles. The third-order valence-electron chi connectivity index (χ3n) is 4.07. The van der Waals surface area contributed by atoms with Gasteiger partial charge in [-0.1, -0.05) is 17.7 Å². The standard InChI is InChI=1S/C16H23NO/c1-12-4-7-16(18-11-13-5-6-13)15(9-12)14-3-2-8-17-10-14/h4,7,9,13-14,17H,2-3,5-6,8,10-11H2,1H3. The van der Waals surface area contributed by atoms with E-state index in [-0.39, 0.29) is 0 Å². The molecule has 18 heavy (non-hydrogen) atoms. The lowest BCUT2D eigenvalue weighted by Gasteiger charge is -2.25. The number of hydrogen-bond acceptors (Lipinski definition) is 2. The van der Waals surface area contributed by atoms with Crippen LogP contribution < -0.4 is 10.1 Å². The molecule has 1 aliphatic heterocycles. The first-order chi connectivity index (χ1) is 8.83. The molecule has 0 spiro atoms. The zero-order valence-electron chi connectivity index (χ0n) is 11.2. The Morgan fingerprint density at radius 3 is 2.89 bits per heavy atom. The fourth-order valence-electron chi connectivity index (χ4n) is 2.73. The molecule has 1 saturated carbocycles. The Hall–Kier alpha value is -1.02. The molecule has 1 atom stereocenters. The largest absolute Gasteiger partial charge is 0.493 e. The maximum Gasteiger partial charge on any atom is 0.122 e. The Bertz CT molecular complexity index is 406. The molecule has 1 saturated heterocycles. The summed E-state index contributed by atoms with van der Waals surface area (Å²) in [6.45, 7) is 5.35. The summed E-state index contributed by atoms with van der Waals surface area (Å²) in [6.07, 6.45) is 5.27. The fourth-order valence-corrected chi connectivity index (χ4v) is 2.73. The predicted molar refractivity (Wildman–Crippen MR) is 74.2 cm³/mol. The molecule has 1 aromatic carbocycles. The SMILES string of the molecule is Cc1ccc(OCC2CC2)c(C2CCCNC2)c1. The minimum atomic E-state index is 0.632. The van der Waals surface area contributed by atoms with Gasteiger partial charge in [0.05, 0.1) is 6.61 Å². The summed E-state index contributed by atoms with van der Waals surface area (Å²) in [5.74, 6) is 2.58. The summed E-state index contributed by atoms with van der Waals surface area (Å²) in [4.78, 5) is 0. The molecule has 1 aromatic rings. The van der Waals surface area contributed by atoms with Crippen molar-refractivity contribution in [2.75, 3.05) is 19.7 Å². The van der Waals surface area contributed by atoms with Crippen molar-refractivity contribution in [3.05, 3.63) is 29.3 Å². The van der Waals surface area contributed by atoms with Crippen LogP contribution in [0.4, 0.5) is 0 Å². The van der Waals surface area contributed by atoms with Gasteiger partial charge < -0.3 is 10.1 Å². The highest BCUT2D eigenvalue weighted by molar-refractivity contribution is 5.40. The average Bonchev–Trinajstić information content (AvgIpc) is 3.22. The summed E-state index contributed by atoms with van der Waals surface area (Å²) in [7, 11) is 0. The van der Waals surface area contributed by atoms with Crippen molar-refractivity contribution in [2.24, 2.45) is 5.92 Å². The minimum absolute atomic E-state index is 0.632. The zero-order valence-corrected chi connectivity index (χ0v) is 11.2. The van der Waals surface area contributed by atoms with E-state index in [1.54, 1.807) is 0 Å². The maximum atomic E-state index is 6.04. The molecule has 0 radical (unpaired) electrons. The van der Waals surface area contributed by atoms with Crippen molar-refractivity contribution >= 4 is 0 Å². The first kappa shape index (κ1) is 12.0. The molecule has 98 valence electrons. The van der Waals surface area contributed by atoms with E-state index in [0.717, 1.165) is 24.8 Å². The van der Waals surface area contributed by atoms with Gasteiger partial charge in [-0.05, 0) is 56.7 Å². The molecular formula is C16H23NO. The first-order valence-corrected chi connectivity index (χ1v) is 7.27. The molecule has 0 aromatic heterocycles.